The monoisotopic (exact) mass is 201 g/mol. The van der Waals surface area contributed by atoms with E-state index in [9.17, 15) is 0 Å². The number of rotatable bonds is 5. The Morgan fingerprint density at radius 2 is 1.64 bits per heavy atom. The topological polar surface area (TPSA) is 21.3 Å². The lowest BCUT2D eigenvalue weighted by atomic mass is 9.88. The lowest BCUT2D eigenvalue weighted by Crippen LogP contribution is -2.42. The van der Waals surface area contributed by atoms with Crippen LogP contribution in [-0.2, 0) is 4.74 Å². The first-order chi connectivity index (χ1) is 6.29. The molecule has 2 unspecified atom stereocenters. The van der Waals surface area contributed by atoms with Gasteiger partial charge in [-0.2, -0.15) is 0 Å². The van der Waals surface area contributed by atoms with Crippen molar-refractivity contribution in [2.45, 2.75) is 53.7 Å². The Labute approximate surface area is 89.4 Å². The van der Waals surface area contributed by atoms with E-state index in [0.29, 0.717) is 12.0 Å². The summed E-state index contributed by atoms with van der Waals surface area (Å²) in [4.78, 5) is 0. The molecule has 0 bridgehead atoms. The highest BCUT2D eigenvalue weighted by molar-refractivity contribution is 4.78. The molecule has 14 heavy (non-hydrogen) atoms. The van der Waals surface area contributed by atoms with Crippen molar-refractivity contribution in [2.24, 2.45) is 11.3 Å². The molecule has 2 atom stereocenters. The van der Waals surface area contributed by atoms with Crippen molar-refractivity contribution in [3.63, 3.8) is 0 Å². The summed E-state index contributed by atoms with van der Waals surface area (Å²) < 4.78 is 5.48. The highest BCUT2D eigenvalue weighted by atomic mass is 16.5. The third-order valence-electron chi connectivity index (χ3n) is 2.88. The van der Waals surface area contributed by atoms with Crippen LogP contribution in [0.2, 0.25) is 0 Å². The van der Waals surface area contributed by atoms with Gasteiger partial charge in [0.25, 0.3) is 0 Å². The molecule has 0 aromatic rings. The van der Waals surface area contributed by atoms with Gasteiger partial charge in [-0.25, -0.2) is 0 Å². The fourth-order valence-electron chi connectivity index (χ4n) is 1.27. The van der Waals surface area contributed by atoms with E-state index in [-0.39, 0.29) is 11.5 Å². The van der Waals surface area contributed by atoms with Crippen LogP contribution in [-0.4, -0.2) is 25.8 Å². The third-order valence-corrected chi connectivity index (χ3v) is 2.88. The Hall–Kier alpha value is -0.0800. The van der Waals surface area contributed by atoms with Crippen molar-refractivity contribution >= 4 is 0 Å². The van der Waals surface area contributed by atoms with Gasteiger partial charge < -0.3 is 10.1 Å². The minimum absolute atomic E-state index is 0.207. The minimum atomic E-state index is 0.207. The van der Waals surface area contributed by atoms with Crippen LogP contribution in [0.1, 0.15) is 41.5 Å². The molecule has 0 radical (unpaired) electrons. The maximum atomic E-state index is 5.48. The minimum Gasteiger partial charge on any atom is -0.380 e. The van der Waals surface area contributed by atoms with E-state index < -0.39 is 0 Å². The predicted molar refractivity (Wildman–Crippen MR) is 62.6 cm³/mol. The van der Waals surface area contributed by atoms with Gasteiger partial charge in [0.05, 0.1) is 6.10 Å². The molecule has 0 saturated carbocycles. The van der Waals surface area contributed by atoms with Crippen LogP contribution in [0, 0.1) is 11.3 Å². The first-order valence-electron chi connectivity index (χ1n) is 5.55. The van der Waals surface area contributed by atoms with E-state index in [4.69, 9.17) is 4.74 Å². The molecule has 86 valence electrons. The van der Waals surface area contributed by atoms with E-state index >= 15 is 0 Å². The number of nitrogens with one attached hydrogen (secondary N) is 1. The van der Waals surface area contributed by atoms with Gasteiger partial charge >= 0.3 is 0 Å². The highest BCUT2D eigenvalue weighted by Gasteiger charge is 2.24. The number of hydrogen-bond donors (Lipinski definition) is 1. The number of ether oxygens (including phenoxy) is 1. The summed E-state index contributed by atoms with van der Waals surface area (Å²) >= 11 is 0. The smallest absolute Gasteiger partial charge is 0.0743 e. The summed E-state index contributed by atoms with van der Waals surface area (Å²) in [6.07, 6.45) is 0.281. The maximum absolute atomic E-state index is 5.48. The van der Waals surface area contributed by atoms with Crippen molar-refractivity contribution in [3.05, 3.63) is 0 Å². The van der Waals surface area contributed by atoms with Crippen LogP contribution in [0.25, 0.3) is 0 Å². The van der Waals surface area contributed by atoms with Gasteiger partial charge in [-0.15, -0.1) is 0 Å². The van der Waals surface area contributed by atoms with Crippen molar-refractivity contribution in [1.29, 1.82) is 0 Å². The van der Waals surface area contributed by atoms with E-state index in [0.717, 1.165) is 6.54 Å². The molecular formula is C12H27NO. The fraction of sp³-hybridized carbons (Fsp3) is 1.00. The van der Waals surface area contributed by atoms with Crippen LogP contribution in [0.15, 0.2) is 0 Å². The van der Waals surface area contributed by atoms with E-state index in [1.807, 2.05) is 0 Å². The van der Waals surface area contributed by atoms with Gasteiger partial charge in [-0.3, -0.25) is 0 Å². The normalized spacial score (nSPS) is 17.1. The van der Waals surface area contributed by atoms with Crippen molar-refractivity contribution in [2.75, 3.05) is 13.7 Å². The first-order valence-corrected chi connectivity index (χ1v) is 5.55. The molecule has 0 aliphatic heterocycles. The van der Waals surface area contributed by atoms with E-state index in [2.05, 4.69) is 46.9 Å². The SMILES string of the molecule is COC(CNC(C)C(C)C)C(C)(C)C. The van der Waals surface area contributed by atoms with Gasteiger partial charge in [0.1, 0.15) is 0 Å². The van der Waals surface area contributed by atoms with Crippen molar-refractivity contribution in [1.82, 2.24) is 5.32 Å². The second kappa shape index (κ2) is 5.72. The quantitative estimate of drug-likeness (QED) is 0.738. The lowest BCUT2D eigenvalue weighted by Gasteiger charge is -2.31. The van der Waals surface area contributed by atoms with Crippen LogP contribution in [0.4, 0.5) is 0 Å². The van der Waals surface area contributed by atoms with Gasteiger partial charge in [0.2, 0.25) is 0 Å². The third kappa shape index (κ3) is 4.97. The zero-order valence-electron chi connectivity index (χ0n) is 10.8. The highest BCUT2D eigenvalue weighted by Crippen LogP contribution is 2.21. The molecule has 0 amide bonds. The van der Waals surface area contributed by atoms with Gasteiger partial charge in [-0.05, 0) is 18.3 Å². The molecule has 0 aliphatic rings. The second-order valence-corrected chi connectivity index (χ2v) is 5.53. The molecule has 2 nitrogen and oxygen atoms in total. The molecule has 0 aromatic heterocycles. The summed E-state index contributed by atoms with van der Waals surface area (Å²) in [5.74, 6) is 0.674. The van der Waals surface area contributed by atoms with E-state index in [1.54, 1.807) is 7.11 Å². The summed E-state index contributed by atoms with van der Waals surface area (Å²) in [7, 11) is 1.79. The summed E-state index contributed by atoms with van der Waals surface area (Å²) in [6, 6.07) is 0.551. The summed E-state index contributed by atoms with van der Waals surface area (Å²) in [6.45, 7) is 14.3. The second-order valence-electron chi connectivity index (χ2n) is 5.53. The first kappa shape index (κ1) is 13.9. The Bertz CT molecular complexity index is 149. The number of hydrogen-bond acceptors (Lipinski definition) is 2. The van der Waals surface area contributed by atoms with Crippen LogP contribution in [0.5, 0.6) is 0 Å². The molecule has 0 heterocycles. The average molecular weight is 201 g/mol. The van der Waals surface area contributed by atoms with Crippen LogP contribution >= 0.6 is 0 Å². The molecule has 0 spiro atoms. The van der Waals surface area contributed by atoms with Crippen molar-refractivity contribution in [3.8, 4) is 0 Å². The fourth-order valence-corrected chi connectivity index (χ4v) is 1.27. The lowest BCUT2D eigenvalue weighted by molar-refractivity contribution is 0.0151. The summed E-state index contributed by atoms with van der Waals surface area (Å²) in [5.41, 5.74) is 0.207. The van der Waals surface area contributed by atoms with E-state index in [1.165, 1.54) is 0 Å². The predicted octanol–water partition coefficient (Wildman–Crippen LogP) is 2.68. The molecule has 0 aliphatic carbocycles. The van der Waals surface area contributed by atoms with Gasteiger partial charge in [0, 0.05) is 19.7 Å². The Balaban J connectivity index is 3.97. The molecule has 0 saturated heterocycles. The van der Waals surface area contributed by atoms with Crippen molar-refractivity contribution < 1.29 is 4.74 Å². The number of methoxy groups -OCH3 is 1. The zero-order chi connectivity index (χ0) is 11.4. The molecule has 1 N–H and O–H groups in total. The largest absolute Gasteiger partial charge is 0.380 e. The van der Waals surface area contributed by atoms with Crippen LogP contribution < -0.4 is 5.32 Å². The Kier molecular flexibility index (Phi) is 5.68. The Morgan fingerprint density at radius 1 is 1.14 bits per heavy atom. The molecule has 0 rings (SSSR count). The maximum Gasteiger partial charge on any atom is 0.0743 e. The molecule has 0 aromatic carbocycles. The van der Waals surface area contributed by atoms with Gasteiger partial charge in [0.15, 0.2) is 0 Å². The van der Waals surface area contributed by atoms with Crippen LogP contribution in [0.3, 0.4) is 0 Å². The Morgan fingerprint density at radius 3 is 1.93 bits per heavy atom. The average Bonchev–Trinajstić information content (AvgIpc) is 2.02. The molecule has 2 heteroatoms. The summed E-state index contributed by atoms with van der Waals surface area (Å²) in [5, 5.41) is 3.51. The zero-order valence-corrected chi connectivity index (χ0v) is 10.8. The molecular weight excluding hydrogens is 174 g/mol. The van der Waals surface area contributed by atoms with Gasteiger partial charge in [-0.1, -0.05) is 34.6 Å². The standard InChI is InChI=1S/C12H27NO/c1-9(2)10(3)13-8-11(14-7)12(4,5)6/h9-11,13H,8H2,1-7H3. The molecule has 0 fully saturated rings.